The predicted octanol–water partition coefficient (Wildman–Crippen LogP) is 3.73. The number of hydrogen-bond donors (Lipinski definition) is 1. The van der Waals surface area contributed by atoms with Gasteiger partial charge in [-0.2, -0.15) is 0 Å². The molecule has 0 unspecified atom stereocenters. The van der Waals surface area contributed by atoms with Crippen molar-refractivity contribution >= 4 is 15.9 Å². The van der Waals surface area contributed by atoms with E-state index in [2.05, 4.69) is 28.1 Å². The molecule has 0 atom stereocenters. The normalized spacial score (nSPS) is 12.9. The Morgan fingerprint density at radius 2 is 2.14 bits per heavy atom. The van der Waals surface area contributed by atoms with Crippen LogP contribution in [0.4, 0.5) is 0 Å². The molecule has 0 bridgehead atoms. The van der Waals surface area contributed by atoms with Crippen molar-refractivity contribution in [2.45, 2.75) is 26.5 Å². The first kappa shape index (κ1) is 14.4. The number of fused-ring (bicyclic) bond motifs is 1. The first-order valence-corrected chi connectivity index (χ1v) is 7.84. The van der Waals surface area contributed by atoms with Gasteiger partial charge in [-0.1, -0.05) is 34.1 Å². The Hall–Kier alpha value is -1.52. The Kier molecular flexibility index (Phi) is 4.17. The van der Waals surface area contributed by atoms with E-state index < -0.39 is 0 Å². The van der Waals surface area contributed by atoms with Gasteiger partial charge in [0.2, 0.25) is 0 Å². The first-order valence-electron chi connectivity index (χ1n) is 7.04. The molecule has 2 aromatic carbocycles. The number of nitrogens with two attached hydrogens (primary N) is 1. The second kappa shape index (κ2) is 6.08. The second-order valence-corrected chi connectivity index (χ2v) is 6.12. The topological polar surface area (TPSA) is 44.5 Å². The fourth-order valence-corrected chi connectivity index (χ4v) is 3.24. The van der Waals surface area contributed by atoms with Crippen molar-refractivity contribution in [3.05, 3.63) is 57.1 Å². The van der Waals surface area contributed by atoms with Crippen LogP contribution in [0.5, 0.6) is 11.5 Å². The maximum Gasteiger partial charge on any atom is 0.129 e. The van der Waals surface area contributed by atoms with Crippen LogP contribution in [-0.4, -0.2) is 6.61 Å². The van der Waals surface area contributed by atoms with Gasteiger partial charge >= 0.3 is 0 Å². The number of ether oxygens (including phenoxy) is 2. The summed E-state index contributed by atoms with van der Waals surface area (Å²) in [5.41, 5.74) is 10.2. The zero-order valence-electron chi connectivity index (χ0n) is 12.0. The molecule has 0 radical (unpaired) electrons. The van der Waals surface area contributed by atoms with E-state index in [0.29, 0.717) is 13.2 Å². The van der Waals surface area contributed by atoms with Crippen molar-refractivity contribution in [1.29, 1.82) is 0 Å². The molecular weight excluding hydrogens is 330 g/mol. The summed E-state index contributed by atoms with van der Waals surface area (Å²) in [4.78, 5) is 0. The van der Waals surface area contributed by atoms with E-state index >= 15 is 0 Å². The summed E-state index contributed by atoms with van der Waals surface area (Å²) in [7, 11) is 0. The number of halogens is 1. The van der Waals surface area contributed by atoms with Crippen molar-refractivity contribution < 1.29 is 9.47 Å². The van der Waals surface area contributed by atoms with Gasteiger partial charge in [-0.15, -0.1) is 0 Å². The van der Waals surface area contributed by atoms with Crippen LogP contribution in [0.2, 0.25) is 0 Å². The zero-order chi connectivity index (χ0) is 14.8. The molecule has 1 aliphatic heterocycles. The van der Waals surface area contributed by atoms with Crippen LogP contribution in [0.25, 0.3) is 0 Å². The Labute approximate surface area is 133 Å². The number of para-hydroxylation sites is 1. The average molecular weight is 348 g/mol. The number of benzene rings is 2. The van der Waals surface area contributed by atoms with Crippen molar-refractivity contribution in [3.8, 4) is 11.5 Å². The van der Waals surface area contributed by atoms with Crippen molar-refractivity contribution in [1.82, 2.24) is 0 Å². The highest BCUT2D eigenvalue weighted by atomic mass is 79.9. The molecule has 0 fully saturated rings. The maximum atomic E-state index is 6.04. The molecule has 0 aromatic heterocycles. The van der Waals surface area contributed by atoms with Gasteiger partial charge < -0.3 is 15.2 Å². The third-order valence-corrected chi connectivity index (χ3v) is 4.17. The molecule has 0 saturated heterocycles. The van der Waals surface area contributed by atoms with Crippen LogP contribution in [0.15, 0.2) is 34.8 Å². The fraction of sp³-hybridized carbons (Fsp3) is 0.294. The van der Waals surface area contributed by atoms with Gasteiger partial charge in [0.05, 0.1) is 6.61 Å². The molecule has 0 saturated carbocycles. The highest BCUT2D eigenvalue weighted by Crippen LogP contribution is 2.34. The molecule has 0 aliphatic carbocycles. The Bertz CT molecular complexity index is 670. The summed E-state index contributed by atoms with van der Waals surface area (Å²) in [6.45, 7) is 3.75. The van der Waals surface area contributed by atoms with Gasteiger partial charge in [0.25, 0.3) is 0 Å². The molecule has 3 nitrogen and oxygen atoms in total. The quantitative estimate of drug-likeness (QED) is 0.916. The molecule has 2 N–H and O–H groups in total. The summed E-state index contributed by atoms with van der Waals surface area (Å²) in [5.74, 6) is 1.85. The van der Waals surface area contributed by atoms with E-state index in [1.807, 2.05) is 25.1 Å². The van der Waals surface area contributed by atoms with E-state index in [1.54, 1.807) is 0 Å². The minimum absolute atomic E-state index is 0.476. The number of aryl methyl sites for hydroxylation is 1. The summed E-state index contributed by atoms with van der Waals surface area (Å²) in [6, 6.07) is 10.2. The summed E-state index contributed by atoms with van der Waals surface area (Å²) in [5, 5.41) is 0. The lowest BCUT2D eigenvalue weighted by Crippen LogP contribution is -2.05. The van der Waals surface area contributed by atoms with Gasteiger partial charge in [-0.05, 0) is 30.2 Å². The maximum absolute atomic E-state index is 6.04. The molecule has 4 heteroatoms. The fourth-order valence-electron chi connectivity index (χ4n) is 2.68. The van der Waals surface area contributed by atoms with Crippen molar-refractivity contribution in [3.63, 3.8) is 0 Å². The van der Waals surface area contributed by atoms with Gasteiger partial charge in [0.1, 0.15) is 18.1 Å². The highest BCUT2D eigenvalue weighted by molar-refractivity contribution is 9.10. The van der Waals surface area contributed by atoms with Crippen LogP contribution in [-0.2, 0) is 19.6 Å². The Morgan fingerprint density at radius 3 is 2.95 bits per heavy atom. The Morgan fingerprint density at radius 1 is 1.29 bits per heavy atom. The van der Waals surface area contributed by atoms with Crippen LogP contribution in [0.1, 0.15) is 22.3 Å². The summed E-state index contributed by atoms with van der Waals surface area (Å²) < 4.78 is 12.8. The smallest absolute Gasteiger partial charge is 0.129 e. The molecule has 0 amide bonds. The Balaban J connectivity index is 1.86. The summed E-state index contributed by atoms with van der Waals surface area (Å²) in [6.07, 6.45) is 0.959. The summed E-state index contributed by atoms with van der Waals surface area (Å²) >= 11 is 3.55. The van der Waals surface area contributed by atoms with Crippen LogP contribution >= 0.6 is 15.9 Å². The molecule has 21 heavy (non-hydrogen) atoms. The molecule has 0 spiro atoms. The molecule has 3 rings (SSSR count). The average Bonchev–Trinajstić information content (AvgIpc) is 2.93. The molecule has 110 valence electrons. The standard InChI is InChI=1S/C17H18BrNO2/c1-11-3-2-4-13(9-19)16(11)21-10-14-8-15(18)7-12-5-6-20-17(12)14/h2-4,7-8H,5-6,9-10,19H2,1H3. The van der Waals surface area contributed by atoms with E-state index in [1.165, 1.54) is 5.56 Å². The molecule has 2 aromatic rings. The van der Waals surface area contributed by atoms with Gasteiger partial charge in [0, 0.05) is 28.6 Å². The second-order valence-electron chi connectivity index (χ2n) is 5.21. The van der Waals surface area contributed by atoms with Gasteiger partial charge in [-0.3, -0.25) is 0 Å². The largest absolute Gasteiger partial charge is 0.493 e. The van der Waals surface area contributed by atoms with Crippen LogP contribution in [0, 0.1) is 6.92 Å². The van der Waals surface area contributed by atoms with Crippen molar-refractivity contribution in [2.24, 2.45) is 5.73 Å². The zero-order valence-corrected chi connectivity index (χ0v) is 13.6. The van der Waals surface area contributed by atoms with E-state index in [-0.39, 0.29) is 0 Å². The number of rotatable bonds is 4. The van der Waals surface area contributed by atoms with Gasteiger partial charge in [0.15, 0.2) is 0 Å². The van der Waals surface area contributed by atoms with E-state index in [0.717, 1.165) is 45.7 Å². The lowest BCUT2D eigenvalue weighted by Gasteiger charge is -2.15. The van der Waals surface area contributed by atoms with E-state index in [9.17, 15) is 0 Å². The van der Waals surface area contributed by atoms with E-state index in [4.69, 9.17) is 15.2 Å². The molecule has 1 heterocycles. The molecular formula is C17H18BrNO2. The molecule has 1 aliphatic rings. The third kappa shape index (κ3) is 2.92. The minimum Gasteiger partial charge on any atom is -0.493 e. The SMILES string of the molecule is Cc1cccc(CN)c1OCc1cc(Br)cc2c1OCC2. The highest BCUT2D eigenvalue weighted by Gasteiger charge is 2.18. The monoisotopic (exact) mass is 347 g/mol. The van der Waals surface area contributed by atoms with Crippen LogP contribution < -0.4 is 15.2 Å². The van der Waals surface area contributed by atoms with Crippen molar-refractivity contribution in [2.75, 3.05) is 6.61 Å². The minimum atomic E-state index is 0.476. The predicted molar refractivity (Wildman–Crippen MR) is 86.7 cm³/mol. The number of hydrogen-bond acceptors (Lipinski definition) is 3. The van der Waals surface area contributed by atoms with Crippen LogP contribution in [0.3, 0.4) is 0 Å². The van der Waals surface area contributed by atoms with Gasteiger partial charge in [-0.25, -0.2) is 0 Å². The lowest BCUT2D eigenvalue weighted by molar-refractivity contribution is 0.287. The lowest BCUT2D eigenvalue weighted by atomic mass is 10.1. The third-order valence-electron chi connectivity index (χ3n) is 3.71. The first-order chi connectivity index (χ1) is 10.2.